The van der Waals surface area contributed by atoms with E-state index >= 15 is 0 Å². The zero-order chi connectivity index (χ0) is 17.4. The predicted octanol–water partition coefficient (Wildman–Crippen LogP) is 2.59. The topological polar surface area (TPSA) is 88.5 Å². The molecular weight excluding hydrogens is 314 g/mol. The molecule has 0 aliphatic heterocycles. The van der Waals surface area contributed by atoms with Crippen LogP contribution in [0.2, 0.25) is 0 Å². The summed E-state index contributed by atoms with van der Waals surface area (Å²) < 4.78 is 13.5. The molecule has 2 aromatic carbocycles. The summed E-state index contributed by atoms with van der Waals surface area (Å²) in [5.41, 5.74) is 0.549. The van der Waals surface area contributed by atoms with Crippen molar-refractivity contribution >= 4 is 16.7 Å². The largest absolute Gasteiger partial charge is 0.497 e. The van der Waals surface area contributed by atoms with Gasteiger partial charge in [-0.1, -0.05) is 0 Å². The molecule has 0 amide bonds. The third-order valence-electron chi connectivity index (χ3n) is 3.84. The predicted molar refractivity (Wildman–Crippen MR) is 87.9 cm³/mol. The number of methoxy groups -OCH3 is 1. The van der Waals surface area contributed by atoms with Gasteiger partial charge in [0.05, 0.1) is 23.1 Å². The lowest BCUT2D eigenvalue weighted by molar-refractivity contribution is -0.385. The molecule has 8 heteroatoms. The number of ether oxygens (including phenoxy) is 2. The maximum Gasteiger partial charge on any atom is 0.328 e. The van der Waals surface area contributed by atoms with Crippen LogP contribution in [-0.2, 0) is 14.1 Å². The summed E-state index contributed by atoms with van der Waals surface area (Å²) in [6.07, 6.45) is 0. The smallest absolute Gasteiger partial charge is 0.328 e. The van der Waals surface area contributed by atoms with E-state index in [1.165, 1.54) is 21.3 Å². The van der Waals surface area contributed by atoms with E-state index in [0.717, 1.165) is 0 Å². The number of hydrogen-bond donors (Lipinski definition) is 0. The van der Waals surface area contributed by atoms with Crippen LogP contribution in [0.4, 0.5) is 5.69 Å². The number of nitro groups is 1. The second kappa shape index (κ2) is 5.73. The first-order valence-electron chi connectivity index (χ1n) is 7.08. The first-order valence-corrected chi connectivity index (χ1v) is 7.08. The number of nitro benzene ring substituents is 1. The van der Waals surface area contributed by atoms with Crippen molar-refractivity contribution in [3.63, 3.8) is 0 Å². The van der Waals surface area contributed by atoms with Crippen molar-refractivity contribution in [2.24, 2.45) is 14.1 Å². The van der Waals surface area contributed by atoms with E-state index in [0.29, 0.717) is 22.5 Å². The van der Waals surface area contributed by atoms with Crippen LogP contribution in [0.15, 0.2) is 41.2 Å². The summed E-state index contributed by atoms with van der Waals surface area (Å²) >= 11 is 0. The Hall–Kier alpha value is -3.29. The molecule has 0 saturated heterocycles. The fourth-order valence-corrected chi connectivity index (χ4v) is 2.51. The van der Waals surface area contributed by atoms with Crippen LogP contribution in [0.25, 0.3) is 11.0 Å². The van der Waals surface area contributed by atoms with Crippen LogP contribution in [-0.4, -0.2) is 21.2 Å². The second-order valence-corrected chi connectivity index (χ2v) is 5.24. The highest BCUT2D eigenvalue weighted by molar-refractivity contribution is 5.82. The summed E-state index contributed by atoms with van der Waals surface area (Å²) in [7, 11) is 4.72. The molecule has 8 nitrogen and oxygen atoms in total. The summed E-state index contributed by atoms with van der Waals surface area (Å²) in [5.74, 6) is 1.15. The molecular formula is C16H15N3O5. The van der Waals surface area contributed by atoms with Gasteiger partial charge in [-0.3, -0.25) is 19.2 Å². The fraction of sp³-hybridized carbons (Fsp3) is 0.188. The van der Waals surface area contributed by atoms with Crippen molar-refractivity contribution < 1.29 is 14.4 Å². The Balaban J connectivity index is 2.14. The van der Waals surface area contributed by atoms with E-state index in [9.17, 15) is 14.9 Å². The third kappa shape index (κ3) is 2.47. The molecule has 124 valence electrons. The molecule has 0 spiro atoms. The molecule has 24 heavy (non-hydrogen) atoms. The molecule has 0 radical (unpaired) electrons. The lowest BCUT2D eigenvalue weighted by Gasteiger charge is -2.08. The highest BCUT2D eigenvalue weighted by atomic mass is 16.6. The molecule has 1 aromatic heterocycles. The zero-order valence-electron chi connectivity index (χ0n) is 13.3. The van der Waals surface area contributed by atoms with Gasteiger partial charge in [0.2, 0.25) is 5.75 Å². The molecule has 0 aliphatic carbocycles. The van der Waals surface area contributed by atoms with Crippen molar-refractivity contribution in [3.8, 4) is 17.2 Å². The molecule has 0 fully saturated rings. The summed E-state index contributed by atoms with van der Waals surface area (Å²) in [6, 6.07) is 9.53. The number of fused-ring (bicyclic) bond motifs is 1. The molecule has 0 saturated carbocycles. The number of aryl methyl sites for hydroxylation is 2. The summed E-state index contributed by atoms with van der Waals surface area (Å²) in [6.45, 7) is 0. The van der Waals surface area contributed by atoms with Crippen molar-refractivity contribution in [3.05, 3.63) is 57.0 Å². The van der Waals surface area contributed by atoms with Crippen molar-refractivity contribution in [2.45, 2.75) is 0 Å². The van der Waals surface area contributed by atoms with Crippen LogP contribution in [0.3, 0.4) is 0 Å². The van der Waals surface area contributed by atoms with Gasteiger partial charge < -0.3 is 9.47 Å². The van der Waals surface area contributed by atoms with E-state index in [-0.39, 0.29) is 17.1 Å². The molecule has 0 bridgehead atoms. The Morgan fingerprint density at radius 2 is 1.54 bits per heavy atom. The molecule has 3 rings (SSSR count). The summed E-state index contributed by atoms with van der Waals surface area (Å²) in [5, 5.41) is 11.4. The van der Waals surface area contributed by atoms with E-state index in [2.05, 4.69) is 0 Å². The fourth-order valence-electron chi connectivity index (χ4n) is 2.51. The van der Waals surface area contributed by atoms with Crippen LogP contribution in [0, 0.1) is 10.1 Å². The Morgan fingerprint density at radius 3 is 2.08 bits per heavy atom. The normalized spacial score (nSPS) is 10.8. The maximum absolute atomic E-state index is 12.0. The average Bonchev–Trinajstić information content (AvgIpc) is 2.79. The number of hydrogen-bond acceptors (Lipinski definition) is 5. The minimum atomic E-state index is -0.532. The number of aromatic nitrogens is 2. The minimum Gasteiger partial charge on any atom is -0.497 e. The van der Waals surface area contributed by atoms with Crippen LogP contribution in [0.5, 0.6) is 17.2 Å². The number of rotatable bonds is 4. The minimum absolute atomic E-state index is 0.0684. The van der Waals surface area contributed by atoms with Crippen LogP contribution in [0.1, 0.15) is 0 Å². The van der Waals surface area contributed by atoms with Crippen molar-refractivity contribution in [1.29, 1.82) is 0 Å². The molecule has 0 N–H and O–H groups in total. The highest BCUT2D eigenvalue weighted by Gasteiger charge is 2.21. The molecule has 1 heterocycles. The van der Waals surface area contributed by atoms with Gasteiger partial charge in [0, 0.05) is 26.2 Å². The van der Waals surface area contributed by atoms with Crippen LogP contribution >= 0.6 is 0 Å². The Labute approximate surface area is 136 Å². The number of imidazole rings is 1. The molecule has 0 unspecified atom stereocenters. The maximum atomic E-state index is 12.0. The van der Waals surface area contributed by atoms with Crippen LogP contribution < -0.4 is 15.2 Å². The Kier molecular flexibility index (Phi) is 3.72. The van der Waals surface area contributed by atoms with Gasteiger partial charge >= 0.3 is 11.4 Å². The van der Waals surface area contributed by atoms with Gasteiger partial charge in [-0.05, 0) is 24.3 Å². The van der Waals surface area contributed by atoms with Crippen molar-refractivity contribution in [2.75, 3.05) is 7.11 Å². The van der Waals surface area contributed by atoms with Gasteiger partial charge in [0.1, 0.15) is 11.5 Å². The highest BCUT2D eigenvalue weighted by Crippen LogP contribution is 2.35. The Bertz CT molecular complexity index is 986. The molecule has 0 aliphatic rings. The second-order valence-electron chi connectivity index (χ2n) is 5.24. The number of nitrogens with zero attached hydrogens (tertiary/aromatic N) is 3. The lowest BCUT2D eigenvalue weighted by atomic mass is 10.2. The number of benzene rings is 2. The monoisotopic (exact) mass is 329 g/mol. The van der Waals surface area contributed by atoms with E-state index in [1.54, 1.807) is 45.5 Å². The van der Waals surface area contributed by atoms with E-state index in [4.69, 9.17) is 9.47 Å². The first kappa shape index (κ1) is 15.6. The molecule has 0 atom stereocenters. The Morgan fingerprint density at radius 1 is 1.00 bits per heavy atom. The average molecular weight is 329 g/mol. The SMILES string of the molecule is COc1ccc(Oc2cc3c(cc2[N+](=O)[O-])n(C)c(=O)n3C)cc1. The van der Waals surface area contributed by atoms with Gasteiger partial charge in [0.25, 0.3) is 0 Å². The van der Waals surface area contributed by atoms with Gasteiger partial charge in [0.15, 0.2) is 0 Å². The van der Waals surface area contributed by atoms with E-state index < -0.39 is 4.92 Å². The lowest BCUT2D eigenvalue weighted by Crippen LogP contribution is -2.19. The van der Waals surface area contributed by atoms with Crippen molar-refractivity contribution in [1.82, 2.24) is 9.13 Å². The molecule has 3 aromatic rings. The van der Waals surface area contributed by atoms with E-state index in [1.807, 2.05) is 0 Å². The van der Waals surface area contributed by atoms with Gasteiger partial charge in [-0.15, -0.1) is 0 Å². The first-order chi connectivity index (χ1) is 11.4. The standard InChI is InChI=1S/C16H15N3O5/c1-17-12-8-14(19(21)22)15(9-13(12)18(2)16(17)20)24-11-6-4-10(23-3)5-7-11/h4-9H,1-3H3. The summed E-state index contributed by atoms with van der Waals surface area (Å²) in [4.78, 5) is 22.8. The van der Waals surface area contributed by atoms with Gasteiger partial charge in [-0.2, -0.15) is 0 Å². The zero-order valence-corrected chi connectivity index (χ0v) is 13.3. The third-order valence-corrected chi connectivity index (χ3v) is 3.84. The van der Waals surface area contributed by atoms with Gasteiger partial charge in [-0.25, -0.2) is 4.79 Å². The quantitative estimate of drug-likeness (QED) is 0.542.